The second kappa shape index (κ2) is 7.34. The van der Waals surface area contributed by atoms with Crippen LogP contribution in [0.5, 0.6) is 0 Å². The summed E-state index contributed by atoms with van der Waals surface area (Å²) >= 11 is 0. The van der Waals surface area contributed by atoms with Crippen LogP contribution in [0.1, 0.15) is 40.0 Å². The molecule has 0 rings (SSSR count). The Bertz CT molecular complexity index is 115. The first-order valence-corrected chi connectivity index (χ1v) is 5.50. The van der Waals surface area contributed by atoms with E-state index in [1.54, 1.807) is 0 Å². The van der Waals surface area contributed by atoms with Crippen LogP contribution in [-0.4, -0.2) is 37.6 Å². The van der Waals surface area contributed by atoms with Crippen LogP contribution in [0.4, 0.5) is 0 Å². The quantitative estimate of drug-likeness (QED) is 0.655. The molecular formula is C11H26N2. The Labute approximate surface area is 83.7 Å². The minimum absolute atomic E-state index is 0.689. The number of nitrogens with zero attached hydrogens (tertiary/aromatic N) is 1. The first-order valence-electron chi connectivity index (χ1n) is 5.50. The molecule has 2 atom stereocenters. The zero-order chi connectivity index (χ0) is 10.3. The predicted molar refractivity (Wildman–Crippen MR) is 60.1 cm³/mol. The summed E-state index contributed by atoms with van der Waals surface area (Å²) < 4.78 is 0. The average Bonchev–Trinajstić information content (AvgIpc) is 2.13. The van der Waals surface area contributed by atoms with E-state index in [4.69, 9.17) is 0 Å². The van der Waals surface area contributed by atoms with Crippen molar-refractivity contribution in [2.45, 2.75) is 52.1 Å². The standard InChI is InChI=1S/C11H26N2/c1-6-7-10(2)13(5)11(3)8-9-12-4/h10-12H,6-9H2,1-5H3. The van der Waals surface area contributed by atoms with E-state index in [9.17, 15) is 0 Å². The van der Waals surface area contributed by atoms with Gasteiger partial charge in [0.2, 0.25) is 0 Å². The lowest BCUT2D eigenvalue weighted by Gasteiger charge is -2.30. The normalized spacial score (nSPS) is 16.2. The number of hydrogen-bond donors (Lipinski definition) is 1. The summed E-state index contributed by atoms with van der Waals surface area (Å²) in [6.07, 6.45) is 3.83. The van der Waals surface area contributed by atoms with Crippen molar-refractivity contribution in [2.75, 3.05) is 20.6 Å². The van der Waals surface area contributed by atoms with Gasteiger partial charge in [0.15, 0.2) is 0 Å². The lowest BCUT2D eigenvalue weighted by Crippen LogP contribution is -2.38. The van der Waals surface area contributed by atoms with Gasteiger partial charge in [-0.1, -0.05) is 13.3 Å². The van der Waals surface area contributed by atoms with Crippen LogP contribution in [0.15, 0.2) is 0 Å². The molecule has 0 aromatic rings. The van der Waals surface area contributed by atoms with E-state index >= 15 is 0 Å². The largest absolute Gasteiger partial charge is 0.320 e. The highest BCUT2D eigenvalue weighted by molar-refractivity contribution is 4.70. The molecule has 0 aromatic carbocycles. The lowest BCUT2D eigenvalue weighted by molar-refractivity contribution is 0.178. The van der Waals surface area contributed by atoms with E-state index in [1.165, 1.54) is 19.3 Å². The van der Waals surface area contributed by atoms with Gasteiger partial charge in [0.1, 0.15) is 0 Å². The van der Waals surface area contributed by atoms with Gasteiger partial charge in [0.25, 0.3) is 0 Å². The first kappa shape index (κ1) is 12.9. The van der Waals surface area contributed by atoms with E-state index in [0.29, 0.717) is 6.04 Å². The third-order valence-corrected chi connectivity index (χ3v) is 2.91. The van der Waals surface area contributed by atoms with Crippen molar-refractivity contribution in [3.05, 3.63) is 0 Å². The van der Waals surface area contributed by atoms with Gasteiger partial charge in [-0.3, -0.25) is 0 Å². The Kier molecular flexibility index (Phi) is 7.29. The molecule has 0 aliphatic heterocycles. The Morgan fingerprint density at radius 3 is 2.15 bits per heavy atom. The molecule has 2 nitrogen and oxygen atoms in total. The van der Waals surface area contributed by atoms with Crippen molar-refractivity contribution in [3.63, 3.8) is 0 Å². The van der Waals surface area contributed by atoms with Gasteiger partial charge in [-0.25, -0.2) is 0 Å². The molecule has 0 heterocycles. The van der Waals surface area contributed by atoms with Crippen molar-refractivity contribution in [1.82, 2.24) is 10.2 Å². The molecule has 80 valence electrons. The Morgan fingerprint density at radius 2 is 1.69 bits per heavy atom. The van der Waals surface area contributed by atoms with E-state index in [-0.39, 0.29) is 0 Å². The SMILES string of the molecule is CCCC(C)N(C)C(C)CCNC. The van der Waals surface area contributed by atoms with E-state index in [2.05, 4.69) is 38.0 Å². The fourth-order valence-corrected chi connectivity index (χ4v) is 1.61. The third kappa shape index (κ3) is 5.27. The van der Waals surface area contributed by atoms with Gasteiger partial charge < -0.3 is 10.2 Å². The highest BCUT2D eigenvalue weighted by Crippen LogP contribution is 2.09. The average molecular weight is 186 g/mol. The summed E-state index contributed by atoms with van der Waals surface area (Å²) in [7, 11) is 4.25. The number of hydrogen-bond acceptors (Lipinski definition) is 2. The zero-order valence-electron chi connectivity index (χ0n) is 9.93. The van der Waals surface area contributed by atoms with Crippen LogP contribution in [0.2, 0.25) is 0 Å². The molecule has 13 heavy (non-hydrogen) atoms. The first-order chi connectivity index (χ1) is 6.13. The molecule has 0 fully saturated rings. The van der Waals surface area contributed by atoms with Gasteiger partial charge in [-0.05, 0) is 47.3 Å². The molecule has 1 N–H and O–H groups in total. The molecule has 0 aromatic heterocycles. The molecule has 0 saturated carbocycles. The van der Waals surface area contributed by atoms with E-state index < -0.39 is 0 Å². The van der Waals surface area contributed by atoms with Crippen LogP contribution in [-0.2, 0) is 0 Å². The minimum atomic E-state index is 0.689. The van der Waals surface area contributed by atoms with Gasteiger partial charge in [-0.15, -0.1) is 0 Å². The Hall–Kier alpha value is -0.0800. The summed E-state index contributed by atoms with van der Waals surface area (Å²) in [4.78, 5) is 2.49. The maximum absolute atomic E-state index is 3.20. The van der Waals surface area contributed by atoms with E-state index in [1.807, 2.05) is 7.05 Å². The molecule has 0 amide bonds. The van der Waals surface area contributed by atoms with Crippen LogP contribution in [0.25, 0.3) is 0 Å². The molecule has 2 heteroatoms. The summed E-state index contributed by atoms with van der Waals surface area (Å²) in [6.45, 7) is 8.00. The van der Waals surface area contributed by atoms with Gasteiger partial charge in [-0.2, -0.15) is 0 Å². The number of nitrogens with one attached hydrogen (secondary N) is 1. The van der Waals surface area contributed by atoms with Crippen LogP contribution in [0.3, 0.4) is 0 Å². The monoisotopic (exact) mass is 186 g/mol. The summed E-state index contributed by atoms with van der Waals surface area (Å²) in [5.74, 6) is 0. The van der Waals surface area contributed by atoms with Gasteiger partial charge in [0, 0.05) is 12.1 Å². The minimum Gasteiger partial charge on any atom is -0.320 e. The fraction of sp³-hybridized carbons (Fsp3) is 1.00. The topological polar surface area (TPSA) is 15.3 Å². The fourth-order valence-electron chi connectivity index (χ4n) is 1.61. The predicted octanol–water partition coefficient (Wildman–Crippen LogP) is 2.10. The van der Waals surface area contributed by atoms with Crippen LogP contribution >= 0.6 is 0 Å². The van der Waals surface area contributed by atoms with Gasteiger partial charge in [0.05, 0.1) is 0 Å². The van der Waals surface area contributed by atoms with E-state index in [0.717, 1.165) is 12.6 Å². The summed E-state index contributed by atoms with van der Waals surface area (Å²) in [5.41, 5.74) is 0. The van der Waals surface area contributed by atoms with Crippen molar-refractivity contribution in [2.24, 2.45) is 0 Å². The van der Waals surface area contributed by atoms with Crippen molar-refractivity contribution < 1.29 is 0 Å². The second-order valence-electron chi connectivity index (χ2n) is 4.04. The Balaban J connectivity index is 3.71. The second-order valence-corrected chi connectivity index (χ2v) is 4.04. The molecule has 0 spiro atoms. The molecule has 0 saturated heterocycles. The molecular weight excluding hydrogens is 160 g/mol. The van der Waals surface area contributed by atoms with Crippen molar-refractivity contribution in [3.8, 4) is 0 Å². The number of rotatable bonds is 7. The smallest absolute Gasteiger partial charge is 0.00787 e. The molecule has 2 unspecified atom stereocenters. The lowest BCUT2D eigenvalue weighted by atomic mass is 10.1. The van der Waals surface area contributed by atoms with Crippen molar-refractivity contribution >= 4 is 0 Å². The van der Waals surface area contributed by atoms with Crippen LogP contribution in [0, 0.1) is 0 Å². The molecule has 0 radical (unpaired) electrons. The summed E-state index contributed by atoms with van der Waals surface area (Å²) in [5, 5.41) is 3.20. The van der Waals surface area contributed by atoms with Crippen LogP contribution < -0.4 is 5.32 Å². The molecule has 0 aliphatic rings. The maximum atomic E-state index is 3.20. The zero-order valence-corrected chi connectivity index (χ0v) is 9.93. The molecule has 0 aliphatic carbocycles. The highest BCUT2D eigenvalue weighted by atomic mass is 15.1. The molecule has 0 bridgehead atoms. The summed E-state index contributed by atoms with van der Waals surface area (Å²) in [6, 6.07) is 1.41. The van der Waals surface area contributed by atoms with Gasteiger partial charge >= 0.3 is 0 Å². The van der Waals surface area contributed by atoms with Crippen molar-refractivity contribution in [1.29, 1.82) is 0 Å². The maximum Gasteiger partial charge on any atom is 0.00787 e. The highest BCUT2D eigenvalue weighted by Gasteiger charge is 2.13. The Morgan fingerprint density at radius 1 is 1.15 bits per heavy atom. The third-order valence-electron chi connectivity index (χ3n) is 2.91.